The lowest BCUT2D eigenvalue weighted by molar-refractivity contribution is -0.00502. The molecule has 0 amide bonds. The summed E-state index contributed by atoms with van der Waals surface area (Å²) in [5, 5.41) is 7.67. The highest BCUT2D eigenvalue weighted by atomic mass is 127. The number of nitrogens with one attached hydrogen (secondary N) is 2. The van der Waals surface area contributed by atoms with Gasteiger partial charge in [0.05, 0.1) is 6.04 Å². The summed E-state index contributed by atoms with van der Waals surface area (Å²) in [4.78, 5) is 6.66. The molecule has 1 aromatic carbocycles. The number of nitrogens with zero attached hydrogens (tertiary/aromatic N) is 2. The third-order valence-electron chi connectivity index (χ3n) is 4.88. The molecule has 1 atom stereocenters. The summed E-state index contributed by atoms with van der Waals surface area (Å²) in [5.74, 6) is 0.801. The fourth-order valence-electron chi connectivity index (χ4n) is 3.04. The lowest BCUT2D eigenvalue weighted by Gasteiger charge is -2.43. The van der Waals surface area contributed by atoms with E-state index in [0.717, 1.165) is 49.1 Å². The average molecular weight is 481 g/mol. The predicted molar refractivity (Wildman–Crippen MR) is 116 cm³/mol. The van der Waals surface area contributed by atoms with Gasteiger partial charge in [-0.25, -0.2) is 0 Å². The molecule has 2 N–H and O–H groups in total. The van der Waals surface area contributed by atoms with Crippen molar-refractivity contribution >= 4 is 41.5 Å². The van der Waals surface area contributed by atoms with E-state index in [1.807, 2.05) is 18.2 Å². The van der Waals surface area contributed by atoms with E-state index in [9.17, 15) is 0 Å². The van der Waals surface area contributed by atoms with E-state index in [1.165, 1.54) is 0 Å². The Balaban J connectivity index is 0.00000312. The van der Waals surface area contributed by atoms with Gasteiger partial charge in [-0.15, -0.1) is 24.0 Å². The van der Waals surface area contributed by atoms with Crippen molar-refractivity contribution in [2.45, 2.75) is 31.3 Å². The van der Waals surface area contributed by atoms with Crippen LogP contribution in [0.1, 0.15) is 31.4 Å². The zero-order chi connectivity index (χ0) is 17.6. The first-order valence-corrected chi connectivity index (χ1v) is 8.82. The first kappa shape index (κ1) is 22.5. The summed E-state index contributed by atoms with van der Waals surface area (Å²) in [6, 6.07) is 8.02. The lowest BCUT2D eigenvalue weighted by Crippen LogP contribution is -2.57. The highest BCUT2D eigenvalue weighted by Crippen LogP contribution is 2.25. The number of hydrogen-bond acceptors (Lipinski definition) is 3. The molecule has 1 fully saturated rings. The van der Waals surface area contributed by atoms with E-state index in [2.05, 4.69) is 47.6 Å². The first-order chi connectivity index (χ1) is 11.5. The molecule has 0 saturated carbocycles. The minimum absolute atomic E-state index is 0. The highest BCUT2D eigenvalue weighted by molar-refractivity contribution is 14.0. The van der Waals surface area contributed by atoms with E-state index in [4.69, 9.17) is 16.3 Å². The Labute approximate surface area is 173 Å². The molecule has 0 bridgehead atoms. The molecular weight excluding hydrogens is 451 g/mol. The average Bonchev–Trinajstić information content (AvgIpc) is 2.59. The molecule has 1 heterocycles. The molecule has 1 aliphatic heterocycles. The van der Waals surface area contributed by atoms with Gasteiger partial charge in [0.25, 0.3) is 0 Å². The van der Waals surface area contributed by atoms with E-state index in [1.54, 1.807) is 7.05 Å². The van der Waals surface area contributed by atoms with Crippen LogP contribution in [0.4, 0.5) is 0 Å². The third kappa shape index (κ3) is 6.27. The number of likely N-dealkylation sites (N-methyl/N-ethyl adjacent to an activating group) is 1. The Kier molecular flexibility index (Phi) is 9.48. The predicted octanol–water partition coefficient (Wildman–Crippen LogP) is 3.29. The standard InChI is InChI=1S/C18H29ClN4O.HI/c1-14(15-6-5-7-16(19)12-15)22-17(20-2)21-13-18(23(3)4)8-10-24-11-9-18;/h5-7,12,14H,8-11,13H2,1-4H3,(H2,20,21,22);1H. The number of halogens is 2. The fourth-order valence-corrected chi connectivity index (χ4v) is 3.24. The SMILES string of the molecule is CN=C(NCC1(N(C)C)CCOCC1)NC(C)c1cccc(Cl)c1.I. The molecule has 1 saturated heterocycles. The van der Waals surface area contributed by atoms with Crippen molar-refractivity contribution in [1.29, 1.82) is 0 Å². The molecule has 0 aromatic heterocycles. The number of rotatable bonds is 5. The van der Waals surface area contributed by atoms with Gasteiger partial charge in [0, 0.05) is 37.4 Å². The van der Waals surface area contributed by atoms with Crippen LogP contribution < -0.4 is 10.6 Å². The number of guanidine groups is 1. The van der Waals surface area contributed by atoms with E-state index in [0.29, 0.717) is 0 Å². The molecule has 1 aliphatic rings. The zero-order valence-electron chi connectivity index (χ0n) is 15.5. The van der Waals surface area contributed by atoms with Gasteiger partial charge >= 0.3 is 0 Å². The third-order valence-corrected chi connectivity index (χ3v) is 5.12. The second kappa shape index (κ2) is 10.5. The van der Waals surface area contributed by atoms with Crippen molar-refractivity contribution in [2.24, 2.45) is 4.99 Å². The van der Waals surface area contributed by atoms with Gasteiger partial charge in [0.1, 0.15) is 0 Å². The quantitative estimate of drug-likeness (QED) is 0.386. The normalized spacial score (nSPS) is 18.4. The largest absolute Gasteiger partial charge is 0.381 e. The summed E-state index contributed by atoms with van der Waals surface area (Å²) in [6.07, 6.45) is 2.04. The molecular formula is C18H30ClIN4O. The van der Waals surface area contributed by atoms with Crippen molar-refractivity contribution in [2.75, 3.05) is 40.9 Å². The Morgan fingerprint density at radius 1 is 1.36 bits per heavy atom. The maximum atomic E-state index is 6.08. The summed E-state index contributed by atoms with van der Waals surface area (Å²) in [7, 11) is 6.07. The van der Waals surface area contributed by atoms with E-state index >= 15 is 0 Å². The minimum Gasteiger partial charge on any atom is -0.381 e. The van der Waals surface area contributed by atoms with Crippen LogP contribution in [0.2, 0.25) is 5.02 Å². The van der Waals surface area contributed by atoms with Gasteiger partial charge in [0.2, 0.25) is 0 Å². The second-order valence-electron chi connectivity index (χ2n) is 6.58. The van der Waals surface area contributed by atoms with Crippen molar-refractivity contribution < 1.29 is 4.74 Å². The molecule has 2 rings (SSSR count). The maximum Gasteiger partial charge on any atom is 0.191 e. The van der Waals surface area contributed by atoms with Crippen molar-refractivity contribution in [1.82, 2.24) is 15.5 Å². The van der Waals surface area contributed by atoms with Crippen LogP contribution in [-0.2, 0) is 4.74 Å². The first-order valence-electron chi connectivity index (χ1n) is 8.45. The van der Waals surface area contributed by atoms with Crippen LogP contribution >= 0.6 is 35.6 Å². The Morgan fingerprint density at radius 2 is 2.04 bits per heavy atom. The monoisotopic (exact) mass is 480 g/mol. The molecule has 1 unspecified atom stereocenters. The van der Waals surface area contributed by atoms with Crippen molar-refractivity contribution in [3.05, 3.63) is 34.9 Å². The number of benzene rings is 1. The smallest absolute Gasteiger partial charge is 0.191 e. The van der Waals surface area contributed by atoms with Gasteiger partial charge in [0.15, 0.2) is 5.96 Å². The number of hydrogen-bond donors (Lipinski definition) is 2. The van der Waals surface area contributed by atoms with Crippen LogP contribution in [0.15, 0.2) is 29.3 Å². The molecule has 25 heavy (non-hydrogen) atoms. The summed E-state index contributed by atoms with van der Waals surface area (Å²) < 4.78 is 5.53. The fraction of sp³-hybridized carbons (Fsp3) is 0.611. The summed E-state index contributed by atoms with van der Waals surface area (Å²) in [5.41, 5.74) is 1.24. The van der Waals surface area contributed by atoms with Crippen molar-refractivity contribution in [3.8, 4) is 0 Å². The van der Waals surface area contributed by atoms with Gasteiger partial charge in [-0.05, 0) is 51.6 Å². The van der Waals surface area contributed by atoms with Gasteiger partial charge in [-0.2, -0.15) is 0 Å². The van der Waals surface area contributed by atoms with Crippen LogP contribution in [0.25, 0.3) is 0 Å². The Bertz CT molecular complexity index is 562. The maximum absolute atomic E-state index is 6.08. The minimum atomic E-state index is 0. The van der Waals surface area contributed by atoms with E-state index in [-0.39, 0.29) is 35.6 Å². The van der Waals surface area contributed by atoms with Crippen LogP contribution in [0, 0.1) is 0 Å². The van der Waals surface area contributed by atoms with E-state index < -0.39 is 0 Å². The van der Waals surface area contributed by atoms with Crippen molar-refractivity contribution in [3.63, 3.8) is 0 Å². The number of aliphatic imine (C=N–C) groups is 1. The molecule has 142 valence electrons. The summed E-state index contributed by atoms with van der Waals surface area (Å²) in [6.45, 7) is 4.57. The molecule has 7 heteroatoms. The van der Waals surface area contributed by atoms with Crippen LogP contribution in [-0.4, -0.2) is 57.3 Å². The Morgan fingerprint density at radius 3 is 2.60 bits per heavy atom. The van der Waals surface area contributed by atoms with Gasteiger partial charge in [-0.1, -0.05) is 23.7 Å². The second-order valence-corrected chi connectivity index (χ2v) is 7.01. The zero-order valence-corrected chi connectivity index (χ0v) is 18.6. The molecule has 5 nitrogen and oxygen atoms in total. The molecule has 0 spiro atoms. The topological polar surface area (TPSA) is 48.9 Å². The van der Waals surface area contributed by atoms with Crippen LogP contribution in [0.5, 0.6) is 0 Å². The number of ether oxygens (including phenoxy) is 1. The van der Waals surface area contributed by atoms with Gasteiger partial charge in [-0.3, -0.25) is 4.99 Å². The highest BCUT2D eigenvalue weighted by Gasteiger charge is 2.34. The molecule has 0 radical (unpaired) electrons. The summed E-state index contributed by atoms with van der Waals surface area (Å²) >= 11 is 6.08. The lowest BCUT2D eigenvalue weighted by atomic mass is 9.88. The molecule has 1 aromatic rings. The van der Waals surface area contributed by atoms with Crippen LogP contribution in [0.3, 0.4) is 0 Å². The van der Waals surface area contributed by atoms with Gasteiger partial charge < -0.3 is 20.3 Å². The molecule has 0 aliphatic carbocycles. The Hall–Kier alpha value is -0.570.